The molecule has 3 aliphatic rings. The zero-order chi connectivity index (χ0) is 23.2. The standard InChI is InChI=1S/C18H24ClFN8O4S/c1-27-6-12(4-22-27)23-18-21-5-13(19)16(25-18)24-14-7-31-17-15(14)32-9-28(17)26-33(29,30)8-10-2-11(20)3-10/h4-6,10-11,14-15,17,26H,2-3,7-9H2,1H3,(H2,21,23,24,25)/t10?,11?,14-,15?,17?/m1/s1. The normalized spacial score (nSPS) is 29.6. The van der Waals surface area contributed by atoms with E-state index in [1.807, 2.05) is 0 Å². The summed E-state index contributed by atoms with van der Waals surface area (Å²) in [6.45, 7) is 0.278. The predicted molar refractivity (Wildman–Crippen MR) is 117 cm³/mol. The molecule has 0 bridgehead atoms. The van der Waals surface area contributed by atoms with Crippen molar-refractivity contribution in [2.45, 2.75) is 37.4 Å². The summed E-state index contributed by atoms with van der Waals surface area (Å²) in [6, 6.07) is -0.318. The monoisotopic (exact) mass is 502 g/mol. The van der Waals surface area contributed by atoms with Crippen LogP contribution in [0.1, 0.15) is 12.8 Å². The first-order chi connectivity index (χ1) is 15.8. The van der Waals surface area contributed by atoms with Gasteiger partial charge in [-0.05, 0) is 18.8 Å². The van der Waals surface area contributed by atoms with Gasteiger partial charge in [-0.2, -0.15) is 15.1 Å². The Morgan fingerprint density at radius 3 is 2.85 bits per heavy atom. The molecule has 0 aromatic carbocycles. The van der Waals surface area contributed by atoms with Crippen molar-refractivity contribution in [1.29, 1.82) is 0 Å². The van der Waals surface area contributed by atoms with Gasteiger partial charge in [-0.3, -0.25) is 4.68 Å². The minimum atomic E-state index is -3.63. The number of nitrogens with one attached hydrogen (secondary N) is 3. The summed E-state index contributed by atoms with van der Waals surface area (Å²) in [4.78, 5) is 11.1. The maximum atomic E-state index is 13.0. The highest BCUT2D eigenvalue weighted by Crippen LogP contribution is 2.33. The highest BCUT2D eigenvalue weighted by molar-refractivity contribution is 7.89. The molecule has 33 heavy (non-hydrogen) atoms. The largest absolute Gasteiger partial charge is 0.361 e. The molecule has 180 valence electrons. The smallest absolute Gasteiger partial charge is 0.229 e. The van der Waals surface area contributed by atoms with E-state index in [1.165, 1.54) is 11.2 Å². The molecular weight excluding hydrogens is 479 g/mol. The summed E-state index contributed by atoms with van der Waals surface area (Å²) in [5, 5.41) is 12.1. The van der Waals surface area contributed by atoms with Crippen LogP contribution < -0.4 is 15.5 Å². The summed E-state index contributed by atoms with van der Waals surface area (Å²) < 4.78 is 51.1. The molecule has 12 nitrogen and oxygen atoms in total. The molecule has 2 aromatic rings. The number of nitrogens with zero attached hydrogens (tertiary/aromatic N) is 5. The van der Waals surface area contributed by atoms with E-state index in [4.69, 9.17) is 21.1 Å². The Morgan fingerprint density at radius 1 is 1.30 bits per heavy atom. The van der Waals surface area contributed by atoms with Gasteiger partial charge in [-0.15, -0.1) is 4.83 Å². The molecule has 0 amide bonds. The third kappa shape index (κ3) is 5.05. The second kappa shape index (κ2) is 8.92. The van der Waals surface area contributed by atoms with Gasteiger partial charge < -0.3 is 20.1 Å². The van der Waals surface area contributed by atoms with Crippen LogP contribution in [0.4, 0.5) is 21.8 Å². The van der Waals surface area contributed by atoms with Crippen LogP contribution in [0.3, 0.4) is 0 Å². The molecule has 3 fully saturated rings. The Kier molecular flexibility index (Phi) is 6.13. The minimum Gasteiger partial charge on any atom is -0.361 e. The van der Waals surface area contributed by atoms with Gasteiger partial charge in [-0.1, -0.05) is 11.6 Å². The summed E-state index contributed by atoms with van der Waals surface area (Å²) in [6.07, 6.45) is 3.50. The molecule has 5 rings (SSSR count). The third-order valence-electron chi connectivity index (χ3n) is 5.75. The molecule has 0 spiro atoms. The van der Waals surface area contributed by atoms with Gasteiger partial charge in [-0.25, -0.2) is 17.8 Å². The number of sulfonamides is 1. The first-order valence-electron chi connectivity index (χ1n) is 10.4. The van der Waals surface area contributed by atoms with E-state index < -0.39 is 28.5 Å². The fourth-order valence-electron chi connectivity index (χ4n) is 4.13. The number of anilines is 3. The maximum Gasteiger partial charge on any atom is 0.229 e. The van der Waals surface area contributed by atoms with Gasteiger partial charge in [0.25, 0.3) is 0 Å². The predicted octanol–water partition coefficient (Wildman–Crippen LogP) is 0.985. The van der Waals surface area contributed by atoms with Crippen molar-refractivity contribution in [3.8, 4) is 0 Å². The first-order valence-corrected chi connectivity index (χ1v) is 12.5. The highest BCUT2D eigenvalue weighted by atomic mass is 35.5. The van der Waals surface area contributed by atoms with Crippen LogP contribution in [-0.2, 0) is 26.5 Å². The lowest BCUT2D eigenvalue weighted by atomic mass is 9.85. The molecule has 2 saturated heterocycles. The van der Waals surface area contributed by atoms with Gasteiger partial charge in [0.15, 0.2) is 12.0 Å². The number of hydrogen-bond donors (Lipinski definition) is 3. The van der Waals surface area contributed by atoms with Crippen LogP contribution >= 0.6 is 11.6 Å². The second-order valence-corrected chi connectivity index (χ2v) is 10.6. The van der Waals surface area contributed by atoms with E-state index >= 15 is 0 Å². The van der Waals surface area contributed by atoms with Gasteiger partial charge in [0.05, 0.1) is 36.5 Å². The molecule has 3 N–H and O–H groups in total. The molecule has 1 saturated carbocycles. The Hall–Kier alpha value is -2.10. The zero-order valence-electron chi connectivity index (χ0n) is 17.7. The number of rotatable bonds is 8. The molecular formula is C18H24ClFN8O4S. The van der Waals surface area contributed by atoms with E-state index in [1.54, 1.807) is 24.1 Å². The fourth-order valence-corrected chi connectivity index (χ4v) is 5.76. The molecule has 2 unspecified atom stereocenters. The Morgan fingerprint density at radius 2 is 2.12 bits per heavy atom. The zero-order valence-corrected chi connectivity index (χ0v) is 19.3. The number of aromatic nitrogens is 4. The van der Waals surface area contributed by atoms with Gasteiger partial charge in [0.2, 0.25) is 16.0 Å². The number of halogens is 2. The van der Waals surface area contributed by atoms with Crippen molar-refractivity contribution in [1.82, 2.24) is 29.6 Å². The van der Waals surface area contributed by atoms with E-state index in [-0.39, 0.29) is 43.9 Å². The van der Waals surface area contributed by atoms with Gasteiger partial charge in [0.1, 0.15) is 24.0 Å². The molecule has 1 aliphatic carbocycles. The summed E-state index contributed by atoms with van der Waals surface area (Å²) in [5.41, 5.74) is 0.723. The van der Waals surface area contributed by atoms with Crippen molar-refractivity contribution < 1.29 is 22.3 Å². The van der Waals surface area contributed by atoms with E-state index in [0.29, 0.717) is 16.8 Å². The third-order valence-corrected chi connectivity index (χ3v) is 7.45. The summed E-state index contributed by atoms with van der Waals surface area (Å²) >= 11 is 6.28. The lowest BCUT2D eigenvalue weighted by molar-refractivity contribution is -0.0128. The molecule has 0 radical (unpaired) electrons. The lowest BCUT2D eigenvalue weighted by Crippen LogP contribution is -2.49. The van der Waals surface area contributed by atoms with E-state index in [2.05, 4.69) is 30.5 Å². The van der Waals surface area contributed by atoms with Gasteiger partial charge >= 0.3 is 0 Å². The number of aryl methyl sites for hydroxylation is 1. The Balaban J connectivity index is 1.20. The Bertz CT molecular complexity index is 1110. The average molecular weight is 503 g/mol. The average Bonchev–Trinajstić information content (AvgIpc) is 3.42. The van der Waals surface area contributed by atoms with Crippen LogP contribution in [-0.4, -0.2) is 76.8 Å². The summed E-state index contributed by atoms with van der Waals surface area (Å²) in [5.74, 6) is 0.441. The van der Waals surface area contributed by atoms with Crippen molar-refractivity contribution in [2.24, 2.45) is 13.0 Å². The number of fused-ring (bicyclic) bond motifs is 1. The molecule has 4 heterocycles. The van der Waals surface area contributed by atoms with Crippen LogP contribution in [0, 0.1) is 5.92 Å². The number of ether oxygens (including phenoxy) is 2. The van der Waals surface area contributed by atoms with Crippen molar-refractivity contribution in [2.75, 3.05) is 29.7 Å². The number of hydrazine groups is 1. The van der Waals surface area contributed by atoms with Crippen molar-refractivity contribution >= 4 is 39.1 Å². The maximum absolute atomic E-state index is 13.0. The number of hydrogen-bond acceptors (Lipinski definition) is 10. The van der Waals surface area contributed by atoms with Crippen LogP contribution in [0.5, 0.6) is 0 Å². The van der Waals surface area contributed by atoms with E-state index in [9.17, 15) is 12.8 Å². The van der Waals surface area contributed by atoms with Crippen LogP contribution in [0.25, 0.3) is 0 Å². The Labute approximate surface area is 194 Å². The van der Waals surface area contributed by atoms with Crippen LogP contribution in [0.2, 0.25) is 5.02 Å². The quantitative estimate of drug-likeness (QED) is 0.479. The fraction of sp³-hybridized carbons (Fsp3) is 0.611. The van der Waals surface area contributed by atoms with Crippen LogP contribution in [0.15, 0.2) is 18.6 Å². The topological polar surface area (TPSA) is 136 Å². The first kappa shape index (κ1) is 22.7. The molecule has 3 atom stereocenters. The lowest BCUT2D eigenvalue weighted by Gasteiger charge is -2.30. The minimum absolute atomic E-state index is 0.0223. The van der Waals surface area contributed by atoms with Crippen molar-refractivity contribution in [3.05, 3.63) is 23.6 Å². The van der Waals surface area contributed by atoms with Crippen molar-refractivity contribution in [3.63, 3.8) is 0 Å². The molecule has 2 aromatic heterocycles. The highest BCUT2D eigenvalue weighted by Gasteiger charge is 2.48. The molecule has 15 heteroatoms. The van der Waals surface area contributed by atoms with Gasteiger partial charge in [0, 0.05) is 13.2 Å². The summed E-state index contributed by atoms with van der Waals surface area (Å²) in [7, 11) is -1.83. The number of alkyl halides is 1. The second-order valence-electron chi connectivity index (χ2n) is 8.43. The van der Waals surface area contributed by atoms with E-state index in [0.717, 1.165) is 5.69 Å². The SMILES string of the molecule is Cn1cc(Nc2ncc(Cl)c(N[C@@H]3COC4C3OCN4NS(=O)(=O)CC3CC(F)C3)n2)cn1. The molecule has 2 aliphatic heterocycles.